The van der Waals surface area contributed by atoms with Gasteiger partial charge in [-0.15, -0.1) is 11.3 Å². The SMILES string of the molecule is O=C(c1cc2ccccc2[nH]1)N1CCc2nc(Br)sc2C1. The van der Waals surface area contributed by atoms with Crippen molar-refractivity contribution in [3.05, 3.63) is 50.5 Å². The molecule has 3 aromatic rings. The number of aromatic nitrogens is 2. The van der Waals surface area contributed by atoms with Crippen LogP contribution in [0.5, 0.6) is 0 Å². The van der Waals surface area contributed by atoms with Crippen molar-refractivity contribution in [3.8, 4) is 0 Å². The molecule has 106 valence electrons. The molecule has 21 heavy (non-hydrogen) atoms. The van der Waals surface area contributed by atoms with Gasteiger partial charge in [0.1, 0.15) is 5.69 Å². The Morgan fingerprint density at radius 3 is 3.10 bits per heavy atom. The van der Waals surface area contributed by atoms with E-state index in [1.165, 1.54) is 4.88 Å². The monoisotopic (exact) mass is 361 g/mol. The third-order valence-corrected chi connectivity index (χ3v) is 5.29. The lowest BCUT2D eigenvalue weighted by Gasteiger charge is -2.25. The molecule has 1 amide bonds. The summed E-state index contributed by atoms with van der Waals surface area (Å²) >= 11 is 5.03. The first kappa shape index (κ1) is 13.0. The minimum absolute atomic E-state index is 0.0568. The van der Waals surface area contributed by atoms with Gasteiger partial charge in [-0.1, -0.05) is 18.2 Å². The first-order valence-electron chi connectivity index (χ1n) is 6.72. The molecule has 1 aliphatic rings. The van der Waals surface area contributed by atoms with Gasteiger partial charge in [-0.25, -0.2) is 4.98 Å². The van der Waals surface area contributed by atoms with Crippen molar-refractivity contribution in [1.82, 2.24) is 14.9 Å². The Balaban J connectivity index is 1.63. The molecule has 4 nitrogen and oxygen atoms in total. The van der Waals surface area contributed by atoms with E-state index in [9.17, 15) is 4.79 Å². The van der Waals surface area contributed by atoms with Crippen LogP contribution >= 0.6 is 27.3 Å². The summed E-state index contributed by atoms with van der Waals surface area (Å²) in [5.41, 5.74) is 2.77. The van der Waals surface area contributed by atoms with E-state index in [4.69, 9.17) is 0 Å². The Labute approximate surface area is 133 Å². The highest BCUT2D eigenvalue weighted by Gasteiger charge is 2.25. The van der Waals surface area contributed by atoms with Crippen LogP contribution in [0.4, 0.5) is 0 Å². The Kier molecular flexibility index (Phi) is 3.08. The second kappa shape index (κ2) is 4.96. The van der Waals surface area contributed by atoms with Gasteiger partial charge in [0, 0.05) is 28.7 Å². The van der Waals surface area contributed by atoms with Crippen LogP contribution < -0.4 is 0 Å². The molecule has 0 saturated carbocycles. The number of nitrogens with one attached hydrogen (secondary N) is 1. The van der Waals surface area contributed by atoms with Gasteiger partial charge in [0.15, 0.2) is 3.92 Å². The van der Waals surface area contributed by atoms with E-state index in [-0.39, 0.29) is 5.91 Å². The Bertz CT molecular complexity index is 805. The average molecular weight is 362 g/mol. The molecule has 4 rings (SSSR count). The Morgan fingerprint density at radius 2 is 2.24 bits per heavy atom. The highest BCUT2D eigenvalue weighted by Crippen LogP contribution is 2.29. The molecule has 6 heteroatoms. The van der Waals surface area contributed by atoms with Gasteiger partial charge < -0.3 is 9.88 Å². The van der Waals surface area contributed by atoms with Crippen LogP contribution in [0, 0.1) is 0 Å². The van der Waals surface area contributed by atoms with Crippen LogP contribution in [0.15, 0.2) is 34.2 Å². The lowest BCUT2D eigenvalue weighted by molar-refractivity contribution is 0.0731. The number of H-pyrrole nitrogens is 1. The quantitative estimate of drug-likeness (QED) is 0.719. The number of rotatable bonds is 1. The van der Waals surface area contributed by atoms with Crippen LogP contribution in [-0.4, -0.2) is 27.3 Å². The second-order valence-corrected chi connectivity index (χ2v) is 7.44. The first-order chi connectivity index (χ1) is 10.2. The summed E-state index contributed by atoms with van der Waals surface area (Å²) in [4.78, 5) is 23.4. The van der Waals surface area contributed by atoms with Crippen molar-refractivity contribution in [3.63, 3.8) is 0 Å². The summed E-state index contributed by atoms with van der Waals surface area (Å²) in [5, 5.41) is 1.07. The van der Waals surface area contributed by atoms with Crippen molar-refractivity contribution >= 4 is 44.1 Å². The maximum atomic E-state index is 12.7. The lowest BCUT2D eigenvalue weighted by atomic mass is 10.1. The molecule has 0 unspecified atom stereocenters. The Hall–Kier alpha value is -1.66. The summed E-state index contributed by atoms with van der Waals surface area (Å²) in [6.07, 6.45) is 0.823. The minimum Gasteiger partial charge on any atom is -0.351 e. The van der Waals surface area contributed by atoms with Gasteiger partial charge in [-0.2, -0.15) is 0 Å². The molecule has 0 saturated heterocycles. The minimum atomic E-state index is 0.0568. The molecule has 0 radical (unpaired) electrons. The fourth-order valence-electron chi connectivity index (χ4n) is 2.70. The molecule has 0 atom stereocenters. The molecule has 0 bridgehead atoms. The zero-order valence-corrected chi connectivity index (χ0v) is 13.5. The highest BCUT2D eigenvalue weighted by molar-refractivity contribution is 9.11. The predicted octanol–water partition coefficient (Wildman–Crippen LogP) is 3.59. The normalized spacial score (nSPS) is 14.4. The molecule has 1 aromatic carbocycles. The maximum Gasteiger partial charge on any atom is 0.270 e. The molecular weight excluding hydrogens is 350 g/mol. The smallest absolute Gasteiger partial charge is 0.270 e. The first-order valence-corrected chi connectivity index (χ1v) is 8.33. The van der Waals surface area contributed by atoms with Crippen LogP contribution in [0.2, 0.25) is 0 Å². The van der Waals surface area contributed by atoms with Crippen molar-refractivity contribution in [1.29, 1.82) is 0 Å². The number of fused-ring (bicyclic) bond motifs is 2. The number of benzene rings is 1. The topological polar surface area (TPSA) is 49.0 Å². The fraction of sp³-hybridized carbons (Fsp3) is 0.200. The molecule has 3 heterocycles. The number of para-hydroxylation sites is 1. The predicted molar refractivity (Wildman–Crippen MR) is 86.6 cm³/mol. The molecular formula is C15H12BrN3OS. The van der Waals surface area contributed by atoms with E-state index in [2.05, 4.69) is 25.9 Å². The van der Waals surface area contributed by atoms with Gasteiger partial charge in [0.25, 0.3) is 5.91 Å². The van der Waals surface area contributed by atoms with Crippen LogP contribution in [0.1, 0.15) is 21.1 Å². The highest BCUT2D eigenvalue weighted by atomic mass is 79.9. The van der Waals surface area contributed by atoms with Gasteiger partial charge in [0.2, 0.25) is 0 Å². The van der Waals surface area contributed by atoms with Gasteiger partial charge in [0.05, 0.1) is 12.2 Å². The number of carbonyl (C=O) groups excluding carboxylic acids is 1. The Morgan fingerprint density at radius 1 is 1.38 bits per heavy atom. The van der Waals surface area contributed by atoms with E-state index < -0.39 is 0 Å². The van der Waals surface area contributed by atoms with Gasteiger partial charge in [-0.05, 0) is 28.1 Å². The summed E-state index contributed by atoms with van der Waals surface area (Å²) in [6, 6.07) is 9.87. The molecule has 0 fully saturated rings. The molecule has 0 spiro atoms. The van der Waals surface area contributed by atoms with Crippen LogP contribution in [-0.2, 0) is 13.0 Å². The number of hydrogen-bond acceptors (Lipinski definition) is 3. The number of hydrogen-bond donors (Lipinski definition) is 1. The molecule has 1 aliphatic heterocycles. The second-order valence-electron chi connectivity index (χ2n) is 5.08. The third-order valence-electron chi connectivity index (χ3n) is 3.75. The molecule has 1 N–H and O–H groups in total. The maximum absolute atomic E-state index is 12.7. The lowest BCUT2D eigenvalue weighted by Crippen LogP contribution is -2.35. The molecule has 0 aliphatic carbocycles. The van der Waals surface area contributed by atoms with E-state index in [1.54, 1.807) is 11.3 Å². The van der Waals surface area contributed by atoms with E-state index in [1.807, 2.05) is 35.2 Å². The van der Waals surface area contributed by atoms with Crippen molar-refractivity contribution < 1.29 is 4.79 Å². The van der Waals surface area contributed by atoms with E-state index in [0.717, 1.165) is 33.5 Å². The van der Waals surface area contributed by atoms with Gasteiger partial charge in [-0.3, -0.25) is 4.79 Å². The zero-order valence-electron chi connectivity index (χ0n) is 11.1. The van der Waals surface area contributed by atoms with Crippen molar-refractivity contribution in [2.24, 2.45) is 0 Å². The summed E-state index contributed by atoms with van der Waals surface area (Å²) in [6.45, 7) is 1.37. The summed E-state index contributed by atoms with van der Waals surface area (Å²) in [5.74, 6) is 0.0568. The number of amides is 1. The zero-order chi connectivity index (χ0) is 14.4. The number of nitrogens with zero attached hydrogens (tertiary/aromatic N) is 2. The number of carbonyl (C=O) groups is 1. The largest absolute Gasteiger partial charge is 0.351 e. The number of halogens is 1. The van der Waals surface area contributed by atoms with Crippen molar-refractivity contribution in [2.45, 2.75) is 13.0 Å². The fourth-order valence-corrected chi connectivity index (χ4v) is 4.34. The summed E-state index contributed by atoms with van der Waals surface area (Å²) in [7, 11) is 0. The molecule has 2 aromatic heterocycles. The third kappa shape index (κ3) is 2.28. The van der Waals surface area contributed by atoms with Crippen LogP contribution in [0.25, 0.3) is 10.9 Å². The van der Waals surface area contributed by atoms with Crippen molar-refractivity contribution in [2.75, 3.05) is 6.54 Å². The summed E-state index contributed by atoms with van der Waals surface area (Å²) < 4.78 is 0.896. The number of aromatic amines is 1. The van der Waals surface area contributed by atoms with E-state index >= 15 is 0 Å². The van der Waals surface area contributed by atoms with E-state index in [0.29, 0.717) is 12.2 Å². The van der Waals surface area contributed by atoms with Crippen LogP contribution in [0.3, 0.4) is 0 Å². The number of thiazole rings is 1. The average Bonchev–Trinajstić information content (AvgIpc) is 3.07. The van der Waals surface area contributed by atoms with Gasteiger partial charge >= 0.3 is 0 Å². The standard InChI is InChI=1S/C15H12BrN3OS/c16-15-18-11-5-6-19(8-13(11)21-15)14(20)12-7-9-3-1-2-4-10(9)17-12/h1-4,7,17H,5-6,8H2.